The molecular weight excluding hydrogens is 215 g/mol. The van der Waals surface area contributed by atoms with Gasteiger partial charge < -0.3 is 4.74 Å². The maximum absolute atomic E-state index is 13.2. The van der Waals surface area contributed by atoms with Gasteiger partial charge in [-0.15, -0.1) is 0 Å². The molecule has 0 N–H and O–H groups in total. The molecule has 0 aliphatic rings. The number of hydrogen-bond acceptors (Lipinski definition) is 1. The minimum Gasteiger partial charge on any atom is -0.454 e. The van der Waals surface area contributed by atoms with Crippen LogP contribution in [0.1, 0.15) is 0 Å². The van der Waals surface area contributed by atoms with Crippen molar-refractivity contribution in [1.82, 2.24) is 0 Å². The normalized spacial score (nSPS) is 10.0. The summed E-state index contributed by atoms with van der Waals surface area (Å²) in [5, 5.41) is 0.559. The summed E-state index contributed by atoms with van der Waals surface area (Å²) in [5.41, 5.74) is 0. The van der Waals surface area contributed by atoms with Gasteiger partial charge in [0.25, 0.3) is 0 Å². The van der Waals surface area contributed by atoms with E-state index in [0.29, 0.717) is 10.8 Å². The van der Waals surface area contributed by atoms with Crippen molar-refractivity contribution < 1.29 is 9.13 Å². The van der Waals surface area contributed by atoms with E-state index in [1.54, 1.807) is 42.5 Å². The van der Waals surface area contributed by atoms with E-state index in [0.717, 1.165) is 0 Å². The van der Waals surface area contributed by atoms with Crippen molar-refractivity contribution in [2.45, 2.75) is 0 Å². The zero-order valence-corrected chi connectivity index (χ0v) is 8.54. The second kappa shape index (κ2) is 4.32. The molecule has 3 heteroatoms. The molecule has 0 saturated heterocycles. The minimum absolute atomic E-state index is 0.194. The first kappa shape index (κ1) is 9.99. The number of hydrogen-bond donors (Lipinski definition) is 0. The summed E-state index contributed by atoms with van der Waals surface area (Å²) in [5.74, 6) is 0.324. The first-order valence-corrected chi connectivity index (χ1v) is 4.81. The van der Waals surface area contributed by atoms with E-state index < -0.39 is 5.82 Å². The number of para-hydroxylation sites is 1. The molecule has 0 fully saturated rings. The summed E-state index contributed by atoms with van der Waals surface area (Å²) < 4.78 is 18.5. The van der Waals surface area contributed by atoms with Gasteiger partial charge in [0.15, 0.2) is 11.6 Å². The Bertz CT molecular complexity index is 471. The Morgan fingerprint density at radius 1 is 1.00 bits per heavy atom. The van der Waals surface area contributed by atoms with Crippen LogP contribution >= 0.6 is 11.6 Å². The van der Waals surface area contributed by atoms with Crippen LogP contribution in [0.15, 0.2) is 48.5 Å². The molecule has 0 spiro atoms. The zero-order valence-electron chi connectivity index (χ0n) is 7.78. The first-order valence-electron chi connectivity index (χ1n) is 4.43. The quantitative estimate of drug-likeness (QED) is 0.737. The molecule has 2 aromatic carbocycles. The molecule has 0 aliphatic heterocycles. The lowest BCUT2D eigenvalue weighted by molar-refractivity contribution is 0.442. The smallest absolute Gasteiger partial charge is 0.165 e. The van der Waals surface area contributed by atoms with E-state index in [9.17, 15) is 4.39 Å². The molecule has 0 aliphatic carbocycles. The highest BCUT2D eigenvalue weighted by molar-refractivity contribution is 6.30. The molecule has 0 atom stereocenters. The fraction of sp³-hybridized carbons (Fsp3) is 0. The molecular formula is C12H8ClFO. The van der Waals surface area contributed by atoms with Gasteiger partial charge in [-0.1, -0.05) is 29.8 Å². The molecule has 0 amide bonds. The van der Waals surface area contributed by atoms with Crippen LogP contribution in [0.5, 0.6) is 11.5 Å². The Balaban J connectivity index is 2.26. The second-order valence-electron chi connectivity index (χ2n) is 2.99. The van der Waals surface area contributed by atoms with E-state index in [2.05, 4.69) is 0 Å². The molecule has 0 unspecified atom stereocenters. The van der Waals surface area contributed by atoms with E-state index in [1.807, 2.05) is 0 Å². The number of ether oxygens (including phenoxy) is 1. The highest BCUT2D eigenvalue weighted by Gasteiger charge is 2.02. The Hall–Kier alpha value is -1.54. The van der Waals surface area contributed by atoms with Gasteiger partial charge in [-0.3, -0.25) is 0 Å². The lowest BCUT2D eigenvalue weighted by Crippen LogP contribution is -1.87. The van der Waals surface area contributed by atoms with Crippen molar-refractivity contribution in [3.8, 4) is 11.5 Å². The number of halogens is 2. The van der Waals surface area contributed by atoms with Gasteiger partial charge >= 0.3 is 0 Å². The van der Waals surface area contributed by atoms with Crippen molar-refractivity contribution >= 4 is 11.6 Å². The summed E-state index contributed by atoms with van der Waals surface area (Å²) in [7, 11) is 0. The van der Waals surface area contributed by atoms with Crippen molar-refractivity contribution in [2.75, 3.05) is 0 Å². The Morgan fingerprint density at radius 3 is 2.53 bits per heavy atom. The van der Waals surface area contributed by atoms with Crippen molar-refractivity contribution in [3.63, 3.8) is 0 Å². The SMILES string of the molecule is Fc1ccccc1Oc1cccc(Cl)c1. The third kappa shape index (κ3) is 2.48. The van der Waals surface area contributed by atoms with Gasteiger partial charge in [0.1, 0.15) is 5.75 Å². The molecule has 1 nitrogen and oxygen atoms in total. The third-order valence-corrected chi connectivity index (χ3v) is 2.10. The summed E-state index contributed by atoms with van der Waals surface area (Å²) in [6.45, 7) is 0. The van der Waals surface area contributed by atoms with Gasteiger partial charge in [0.2, 0.25) is 0 Å². The van der Waals surface area contributed by atoms with Gasteiger partial charge in [-0.25, -0.2) is 4.39 Å². The fourth-order valence-electron chi connectivity index (χ4n) is 1.18. The van der Waals surface area contributed by atoms with Gasteiger partial charge in [-0.2, -0.15) is 0 Å². The number of rotatable bonds is 2. The predicted molar refractivity (Wildman–Crippen MR) is 57.9 cm³/mol. The molecule has 76 valence electrons. The fourth-order valence-corrected chi connectivity index (χ4v) is 1.37. The molecule has 2 rings (SSSR count). The van der Waals surface area contributed by atoms with Crippen LogP contribution in [0.2, 0.25) is 5.02 Å². The maximum Gasteiger partial charge on any atom is 0.165 e. The summed E-state index contributed by atoms with van der Waals surface area (Å²) >= 11 is 5.78. The lowest BCUT2D eigenvalue weighted by atomic mass is 10.3. The molecule has 15 heavy (non-hydrogen) atoms. The van der Waals surface area contributed by atoms with Crippen molar-refractivity contribution in [1.29, 1.82) is 0 Å². The van der Waals surface area contributed by atoms with E-state index in [-0.39, 0.29) is 5.75 Å². The average molecular weight is 223 g/mol. The maximum atomic E-state index is 13.2. The predicted octanol–water partition coefficient (Wildman–Crippen LogP) is 4.27. The van der Waals surface area contributed by atoms with E-state index in [1.165, 1.54) is 6.07 Å². The Labute approximate surface area is 92.1 Å². The van der Waals surface area contributed by atoms with Gasteiger partial charge in [0.05, 0.1) is 0 Å². The van der Waals surface area contributed by atoms with Gasteiger partial charge in [-0.05, 0) is 30.3 Å². The highest BCUT2D eigenvalue weighted by Crippen LogP contribution is 2.25. The third-order valence-electron chi connectivity index (χ3n) is 1.86. The molecule has 0 aromatic heterocycles. The standard InChI is InChI=1S/C12H8ClFO/c13-9-4-3-5-10(8-9)15-12-7-2-1-6-11(12)14/h1-8H. The van der Waals surface area contributed by atoms with E-state index >= 15 is 0 Å². The second-order valence-corrected chi connectivity index (χ2v) is 3.43. The topological polar surface area (TPSA) is 9.23 Å². The van der Waals surface area contributed by atoms with E-state index in [4.69, 9.17) is 16.3 Å². The Kier molecular flexibility index (Phi) is 2.88. The lowest BCUT2D eigenvalue weighted by Gasteiger charge is -2.06. The zero-order chi connectivity index (χ0) is 10.7. The van der Waals surface area contributed by atoms with Crippen LogP contribution < -0.4 is 4.74 Å². The number of benzene rings is 2. The summed E-state index contributed by atoms with van der Waals surface area (Å²) in [6.07, 6.45) is 0. The average Bonchev–Trinajstić information content (AvgIpc) is 2.22. The molecule has 0 saturated carbocycles. The molecule has 0 heterocycles. The first-order chi connectivity index (χ1) is 7.25. The molecule has 0 bridgehead atoms. The minimum atomic E-state index is -0.391. The monoisotopic (exact) mass is 222 g/mol. The van der Waals surface area contributed by atoms with Crippen molar-refractivity contribution in [3.05, 3.63) is 59.4 Å². The van der Waals surface area contributed by atoms with Gasteiger partial charge in [0, 0.05) is 5.02 Å². The van der Waals surface area contributed by atoms with Crippen LogP contribution in [-0.4, -0.2) is 0 Å². The van der Waals surface area contributed by atoms with Crippen LogP contribution in [0.25, 0.3) is 0 Å². The highest BCUT2D eigenvalue weighted by atomic mass is 35.5. The van der Waals surface area contributed by atoms with Crippen LogP contribution in [0, 0.1) is 5.82 Å². The largest absolute Gasteiger partial charge is 0.454 e. The Morgan fingerprint density at radius 2 is 1.80 bits per heavy atom. The van der Waals surface area contributed by atoms with Crippen LogP contribution in [0.4, 0.5) is 4.39 Å². The van der Waals surface area contributed by atoms with Crippen LogP contribution in [0.3, 0.4) is 0 Å². The summed E-state index contributed by atoms with van der Waals surface area (Å²) in [6, 6.07) is 13.1. The molecule has 0 radical (unpaired) electrons. The molecule has 2 aromatic rings. The van der Waals surface area contributed by atoms with Crippen LogP contribution in [-0.2, 0) is 0 Å². The summed E-state index contributed by atoms with van der Waals surface area (Å²) in [4.78, 5) is 0. The van der Waals surface area contributed by atoms with Crippen molar-refractivity contribution in [2.24, 2.45) is 0 Å².